The molecule has 14 heavy (non-hydrogen) atoms. The SMILES string of the molecule is CCOCCNS(=O)(=O)CC(C)CCl. The smallest absolute Gasteiger partial charge is 0.211 e. The van der Waals surface area contributed by atoms with Gasteiger partial charge in [-0.1, -0.05) is 6.92 Å². The number of sulfonamides is 1. The van der Waals surface area contributed by atoms with Crippen LogP contribution in [-0.2, 0) is 14.8 Å². The molecule has 1 N–H and O–H groups in total. The summed E-state index contributed by atoms with van der Waals surface area (Å²) >= 11 is 5.52. The van der Waals surface area contributed by atoms with Gasteiger partial charge in [0, 0.05) is 19.0 Å². The second-order valence-electron chi connectivity index (χ2n) is 3.13. The number of halogens is 1. The summed E-state index contributed by atoms with van der Waals surface area (Å²) in [6.07, 6.45) is 0. The van der Waals surface area contributed by atoms with Crippen molar-refractivity contribution < 1.29 is 13.2 Å². The molecule has 0 aromatic carbocycles. The van der Waals surface area contributed by atoms with Crippen molar-refractivity contribution in [2.75, 3.05) is 31.4 Å². The maximum Gasteiger partial charge on any atom is 0.211 e. The molecule has 0 rings (SSSR count). The van der Waals surface area contributed by atoms with Crippen LogP contribution in [0.15, 0.2) is 0 Å². The average molecular weight is 244 g/mol. The van der Waals surface area contributed by atoms with Crippen LogP contribution < -0.4 is 4.72 Å². The molecule has 6 heteroatoms. The van der Waals surface area contributed by atoms with Gasteiger partial charge in [-0.3, -0.25) is 0 Å². The van der Waals surface area contributed by atoms with Gasteiger partial charge in [-0.05, 0) is 12.8 Å². The molecule has 0 fully saturated rings. The molecule has 0 heterocycles. The zero-order chi connectivity index (χ0) is 11.0. The van der Waals surface area contributed by atoms with Gasteiger partial charge < -0.3 is 4.74 Å². The summed E-state index contributed by atoms with van der Waals surface area (Å²) in [6.45, 7) is 4.99. The molecule has 0 aliphatic carbocycles. The van der Waals surface area contributed by atoms with Gasteiger partial charge >= 0.3 is 0 Å². The first-order valence-corrected chi connectivity index (χ1v) is 6.81. The van der Waals surface area contributed by atoms with E-state index in [1.807, 2.05) is 6.92 Å². The molecular weight excluding hydrogens is 226 g/mol. The Kier molecular flexibility index (Phi) is 7.54. The van der Waals surface area contributed by atoms with Crippen LogP contribution in [0.3, 0.4) is 0 Å². The Morgan fingerprint density at radius 1 is 1.50 bits per heavy atom. The number of hydrogen-bond donors (Lipinski definition) is 1. The predicted molar refractivity (Wildman–Crippen MR) is 58.2 cm³/mol. The zero-order valence-electron chi connectivity index (χ0n) is 8.62. The van der Waals surface area contributed by atoms with Gasteiger partial charge in [0.25, 0.3) is 0 Å². The Balaban J connectivity index is 3.73. The summed E-state index contributed by atoms with van der Waals surface area (Å²) < 4.78 is 30.1. The van der Waals surface area contributed by atoms with Crippen molar-refractivity contribution >= 4 is 21.6 Å². The van der Waals surface area contributed by atoms with E-state index in [1.165, 1.54) is 0 Å². The first kappa shape index (κ1) is 14.2. The van der Waals surface area contributed by atoms with Crippen molar-refractivity contribution in [3.05, 3.63) is 0 Å². The molecule has 0 bridgehead atoms. The van der Waals surface area contributed by atoms with E-state index in [2.05, 4.69) is 4.72 Å². The molecule has 0 spiro atoms. The Hall–Kier alpha value is 0.160. The van der Waals surface area contributed by atoms with Crippen molar-refractivity contribution in [2.24, 2.45) is 5.92 Å². The normalized spacial score (nSPS) is 14.2. The molecule has 86 valence electrons. The molecule has 1 atom stereocenters. The first-order valence-electron chi connectivity index (χ1n) is 4.63. The molecule has 0 aromatic rings. The van der Waals surface area contributed by atoms with Gasteiger partial charge in [-0.2, -0.15) is 0 Å². The number of alkyl halides is 1. The van der Waals surface area contributed by atoms with Crippen molar-refractivity contribution in [3.63, 3.8) is 0 Å². The minimum Gasteiger partial charge on any atom is -0.380 e. The van der Waals surface area contributed by atoms with E-state index in [0.717, 1.165) is 0 Å². The third-order valence-electron chi connectivity index (χ3n) is 1.54. The summed E-state index contributed by atoms with van der Waals surface area (Å²) in [5.41, 5.74) is 0. The molecule has 0 aliphatic heterocycles. The highest BCUT2D eigenvalue weighted by atomic mass is 35.5. The van der Waals surface area contributed by atoms with E-state index in [0.29, 0.717) is 25.6 Å². The van der Waals surface area contributed by atoms with Crippen LogP contribution in [0.5, 0.6) is 0 Å². The van der Waals surface area contributed by atoms with E-state index in [9.17, 15) is 8.42 Å². The predicted octanol–water partition coefficient (Wildman–Crippen LogP) is 0.817. The van der Waals surface area contributed by atoms with Crippen LogP contribution in [0, 0.1) is 5.92 Å². The van der Waals surface area contributed by atoms with Gasteiger partial charge in [0.05, 0.1) is 12.4 Å². The fourth-order valence-corrected chi connectivity index (χ4v) is 2.51. The van der Waals surface area contributed by atoms with Crippen LogP contribution in [0.2, 0.25) is 0 Å². The second kappa shape index (κ2) is 7.45. The molecule has 1 unspecified atom stereocenters. The molecule has 4 nitrogen and oxygen atoms in total. The molecule has 0 saturated heterocycles. The van der Waals surface area contributed by atoms with Gasteiger partial charge in [0.1, 0.15) is 0 Å². The molecule has 0 radical (unpaired) electrons. The van der Waals surface area contributed by atoms with E-state index in [1.54, 1.807) is 6.92 Å². The van der Waals surface area contributed by atoms with Gasteiger partial charge in [0.2, 0.25) is 10.0 Å². The minimum absolute atomic E-state index is 0.0266. The molecule has 0 saturated carbocycles. The highest BCUT2D eigenvalue weighted by Crippen LogP contribution is 2.01. The summed E-state index contributed by atoms with van der Waals surface area (Å²) in [4.78, 5) is 0. The number of nitrogens with one attached hydrogen (secondary N) is 1. The monoisotopic (exact) mass is 243 g/mol. The lowest BCUT2D eigenvalue weighted by Gasteiger charge is -2.09. The topological polar surface area (TPSA) is 55.4 Å². The van der Waals surface area contributed by atoms with Crippen molar-refractivity contribution in [1.29, 1.82) is 0 Å². The maximum atomic E-state index is 11.3. The minimum atomic E-state index is -3.19. The molecule has 0 aliphatic rings. The average Bonchev–Trinajstić information content (AvgIpc) is 2.12. The lowest BCUT2D eigenvalue weighted by atomic mass is 10.3. The van der Waals surface area contributed by atoms with Crippen LogP contribution in [0.25, 0.3) is 0 Å². The van der Waals surface area contributed by atoms with Crippen molar-refractivity contribution in [2.45, 2.75) is 13.8 Å². The van der Waals surface area contributed by atoms with Crippen molar-refractivity contribution in [3.8, 4) is 0 Å². The van der Waals surface area contributed by atoms with Gasteiger partial charge in [0.15, 0.2) is 0 Å². The lowest BCUT2D eigenvalue weighted by Crippen LogP contribution is -2.32. The van der Waals surface area contributed by atoms with E-state index >= 15 is 0 Å². The first-order chi connectivity index (χ1) is 6.52. The Morgan fingerprint density at radius 2 is 2.14 bits per heavy atom. The van der Waals surface area contributed by atoms with Gasteiger partial charge in [-0.15, -0.1) is 11.6 Å². The van der Waals surface area contributed by atoms with Crippen LogP contribution >= 0.6 is 11.6 Å². The third-order valence-corrected chi connectivity index (χ3v) is 3.72. The van der Waals surface area contributed by atoms with E-state index in [4.69, 9.17) is 16.3 Å². The zero-order valence-corrected chi connectivity index (χ0v) is 10.2. The number of rotatable bonds is 8. The summed E-state index contributed by atoms with van der Waals surface area (Å²) in [7, 11) is -3.19. The number of ether oxygens (including phenoxy) is 1. The largest absolute Gasteiger partial charge is 0.380 e. The highest BCUT2D eigenvalue weighted by Gasteiger charge is 2.13. The van der Waals surface area contributed by atoms with Crippen LogP contribution in [-0.4, -0.2) is 39.8 Å². The lowest BCUT2D eigenvalue weighted by molar-refractivity contribution is 0.153. The quantitative estimate of drug-likeness (QED) is 0.507. The summed E-state index contributed by atoms with van der Waals surface area (Å²) in [5.74, 6) is 0.399. The number of hydrogen-bond acceptors (Lipinski definition) is 3. The Morgan fingerprint density at radius 3 is 2.64 bits per heavy atom. The molecule has 0 aromatic heterocycles. The van der Waals surface area contributed by atoms with Crippen LogP contribution in [0.1, 0.15) is 13.8 Å². The fourth-order valence-electron chi connectivity index (χ4n) is 0.892. The molecular formula is C8H18ClNO3S. The van der Waals surface area contributed by atoms with E-state index in [-0.39, 0.29) is 11.7 Å². The summed E-state index contributed by atoms with van der Waals surface area (Å²) in [5, 5.41) is 0. The second-order valence-corrected chi connectivity index (χ2v) is 5.29. The summed E-state index contributed by atoms with van der Waals surface area (Å²) in [6, 6.07) is 0. The highest BCUT2D eigenvalue weighted by molar-refractivity contribution is 7.89. The van der Waals surface area contributed by atoms with Crippen LogP contribution in [0.4, 0.5) is 0 Å². The third kappa shape index (κ3) is 7.55. The Bertz CT molecular complexity index is 231. The standard InChI is InChI=1S/C8H18ClNO3S/c1-3-13-5-4-10-14(11,12)7-8(2)6-9/h8,10H,3-7H2,1-2H3. The Labute approximate surface area is 91.0 Å². The van der Waals surface area contributed by atoms with Crippen molar-refractivity contribution in [1.82, 2.24) is 4.72 Å². The van der Waals surface area contributed by atoms with E-state index < -0.39 is 10.0 Å². The molecule has 0 amide bonds. The maximum absolute atomic E-state index is 11.3. The van der Waals surface area contributed by atoms with Gasteiger partial charge in [-0.25, -0.2) is 13.1 Å². The fraction of sp³-hybridized carbons (Fsp3) is 1.00.